The zero-order chi connectivity index (χ0) is 11.3. The average molecular weight is 227 g/mol. The maximum Gasteiger partial charge on any atom is 0.0460 e. The lowest BCUT2D eigenvalue weighted by molar-refractivity contribution is 0.495. The SMILES string of the molecule is CCCCC(NN)c1ccc(C)c(Cl)c1. The van der Waals surface area contributed by atoms with E-state index in [-0.39, 0.29) is 6.04 Å². The zero-order valence-electron chi connectivity index (χ0n) is 9.39. The van der Waals surface area contributed by atoms with E-state index in [0.717, 1.165) is 17.0 Å². The summed E-state index contributed by atoms with van der Waals surface area (Å²) in [7, 11) is 0. The minimum Gasteiger partial charge on any atom is -0.271 e. The van der Waals surface area contributed by atoms with E-state index in [1.165, 1.54) is 18.4 Å². The van der Waals surface area contributed by atoms with E-state index < -0.39 is 0 Å². The molecule has 0 amide bonds. The Balaban J connectivity index is 2.78. The molecule has 3 heteroatoms. The molecule has 1 aromatic rings. The van der Waals surface area contributed by atoms with E-state index in [2.05, 4.69) is 18.4 Å². The van der Waals surface area contributed by atoms with E-state index in [9.17, 15) is 0 Å². The predicted molar refractivity (Wildman–Crippen MR) is 65.8 cm³/mol. The molecular weight excluding hydrogens is 208 g/mol. The van der Waals surface area contributed by atoms with Gasteiger partial charge in [0.15, 0.2) is 0 Å². The first-order valence-electron chi connectivity index (χ1n) is 5.41. The summed E-state index contributed by atoms with van der Waals surface area (Å²) in [6.07, 6.45) is 3.39. The Morgan fingerprint density at radius 3 is 2.73 bits per heavy atom. The number of hydrazine groups is 1. The first-order chi connectivity index (χ1) is 7.19. The second kappa shape index (κ2) is 6.11. The highest BCUT2D eigenvalue weighted by Crippen LogP contribution is 2.24. The Morgan fingerprint density at radius 1 is 1.47 bits per heavy atom. The molecule has 1 rings (SSSR count). The Hall–Kier alpha value is -0.570. The van der Waals surface area contributed by atoms with Crippen LogP contribution in [0.3, 0.4) is 0 Å². The fraction of sp³-hybridized carbons (Fsp3) is 0.500. The number of aryl methyl sites for hydroxylation is 1. The van der Waals surface area contributed by atoms with Crippen LogP contribution >= 0.6 is 11.6 Å². The molecule has 0 fully saturated rings. The molecular formula is C12H19ClN2. The number of halogens is 1. The summed E-state index contributed by atoms with van der Waals surface area (Å²) in [4.78, 5) is 0. The van der Waals surface area contributed by atoms with Gasteiger partial charge < -0.3 is 0 Å². The van der Waals surface area contributed by atoms with Crippen LogP contribution in [-0.2, 0) is 0 Å². The minimum absolute atomic E-state index is 0.211. The van der Waals surface area contributed by atoms with E-state index in [0.29, 0.717) is 0 Å². The quantitative estimate of drug-likeness (QED) is 0.597. The zero-order valence-corrected chi connectivity index (χ0v) is 10.1. The molecule has 3 N–H and O–H groups in total. The molecule has 2 nitrogen and oxygen atoms in total. The van der Waals surface area contributed by atoms with E-state index in [1.54, 1.807) is 0 Å². The highest BCUT2D eigenvalue weighted by Gasteiger charge is 2.09. The third kappa shape index (κ3) is 3.49. The van der Waals surface area contributed by atoms with Gasteiger partial charge in [0.25, 0.3) is 0 Å². The first-order valence-corrected chi connectivity index (χ1v) is 5.79. The largest absolute Gasteiger partial charge is 0.271 e. The summed E-state index contributed by atoms with van der Waals surface area (Å²) in [6, 6.07) is 6.33. The topological polar surface area (TPSA) is 38.0 Å². The van der Waals surface area contributed by atoms with E-state index in [1.807, 2.05) is 19.1 Å². The molecule has 0 bridgehead atoms. The van der Waals surface area contributed by atoms with Crippen LogP contribution in [0.25, 0.3) is 0 Å². The van der Waals surface area contributed by atoms with Crippen molar-refractivity contribution >= 4 is 11.6 Å². The van der Waals surface area contributed by atoms with Gasteiger partial charge in [-0.2, -0.15) is 0 Å². The number of rotatable bonds is 5. The van der Waals surface area contributed by atoms with Gasteiger partial charge in [0.2, 0.25) is 0 Å². The molecule has 1 aromatic carbocycles. The molecule has 0 aliphatic heterocycles. The normalized spacial score (nSPS) is 12.8. The van der Waals surface area contributed by atoms with Gasteiger partial charge in [0.1, 0.15) is 0 Å². The molecule has 0 saturated heterocycles. The van der Waals surface area contributed by atoms with Crippen LogP contribution in [0.4, 0.5) is 0 Å². The molecule has 1 atom stereocenters. The standard InChI is InChI=1S/C12H19ClN2/c1-3-4-5-12(15-14)10-7-6-9(2)11(13)8-10/h6-8,12,15H,3-5,14H2,1-2H3. The molecule has 84 valence electrons. The number of nitrogens with one attached hydrogen (secondary N) is 1. The first kappa shape index (κ1) is 12.5. The van der Waals surface area contributed by atoms with Crippen molar-refractivity contribution in [3.8, 4) is 0 Å². The van der Waals surface area contributed by atoms with Crippen molar-refractivity contribution in [2.24, 2.45) is 5.84 Å². The summed E-state index contributed by atoms with van der Waals surface area (Å²) >= 11 is 6.08. The van der Waals surface area contributed by atoms with Crippen molar-refractivity contribution in [2.75, 3.05) is 0 Å². The van der Waals surface area contributed by atoms with Crippen molar-refractivity contribution in [1.82, 2.24) is 5.43 Å². The summed E-state index contributed by atoms with van der Waals surface area (Å²) in [6.45, 7) is 4.18. The highest BCUT2D eigenvalue weighted by atomic mass is 35.5. The number of benzene rings is 1. The van der Waals surface area contributed by atoms with Gasteiger partial charge in [0, 0.05) is 11.1 Å². The Bertz CT molecular complexity index is 312. The van der Waals surface area contributed by atoms with Gasteiger partial charge in [0.05, 0.1) is 0 Å². The van der Waals surface area contributed by atoms with Crippen molar-refractivity contribution in [2.45, 2.75) is 39.2 Å². The number of hydrogen-bond acceptors (Lipinski definition) is 2. The maximum atomic E-state index is 6.08. The summed E-state index contributed by atoms with van der Waals surface area (Å²) in [5.74, 6) is 5.54. The molecule has 0 heterocycles. The van der Waals surface area contributed by atoms with Gasteiger partial charge in [-0.1, -0.05) is 43.5 Å². The van der Waals surface area contributed by atoms with Gasteiger partial charge in [-0.05, 0) is 30.5 Å². The Kier molecular flexibility index (Phi) is 5.09. The molecule has 0 radical (unpaired) electrons. The van der Waals surface area contributed by atoms with Crippen LogP contribution < -0.4 is 11.3 Å². The van der Waals surface area contributed by atoms with Crippen molar-refractivity contribution in [3.63, 3.8) is 0 Å². The second-order valence-electron chi connectivity index (χ2n) is 3.87. The third-order valence-electron chi connectivity index (χ3n) is 2.65. The number of hydrogen-bond donors (Lipinski definition) is 2. The molecule has 0 aromatic heterocycles. The summed E-state index contributed by atoms with van der Waals surface area (Å²) in [5.41, 5.74) is 5.11. The van der Waals surface area contributed by atoms with Crippen molar-refractivity contribution in [1.29, 1.82) is 0 Å². The second-order valence-corrected chi connectivity index (χ2v) is 4.28. The van der Waals surface area contributed by atoms with Gasteiger partial charge in [-0.25, -0.2) is 0 Å². The van der Waals surface area contributed by atoms with Crippen LogP contribution in [0.15, 0.2) is 18.2 Å². The monoisotopic (exact) mass is 226 g/mol. The van der Waals surface area contributed by atoms with Crippen LogP contribution in [-0.4, -0.2) is 0 Å². The maximum absolute atomic E-state index is 6.08. The highest BCUT2D eigenvalue weighted by molar-refractivity contribution is 6.31. The van der Waals surface area contributed by atoms with Crippen LogP contribution in [0.5, 0.6) is 0 Å². The van der Waals surface area contributed by atoms with Crippen molar-refractivity contribution < 1.29 is 0 Å². The van der Waals surface area contributed by atoms with Gasteiger partial charge in [-0.15, -0.1) is 0 Å². The van der Waals surface area contributed by atoms with Crippen LogP contribution in [0.2, 0.25) is 5.02 Å². The van der Waals surface area contributed by atoms with E-state index >= 15 is 0 Å². The lowest BCUT2D eigenvalue weighted by atomic mass is 10.0. The van der Waals surface area contributed by atoms with Crippen LogP contribution in [0.1, 0.15) is 43.4 Å². The van der Waals surface area contributed by atoms with Gasteiger partial charge in [-0.3, -0.25) is 11.3 Å². The fourth-order valence-electron chi connectivity index (χ4n) is 1.58. The predicted octanol–water partition coefficient (Wildman–Crippen LogP) is 3.34. The van der Waals surface area contributed by atoms with Crippen molar-refractivity contribution in [3.05, 3.63) is 34.3 Å². The molecule has 1 unspecified atom stereocenters. The summed E-state index contributed by atoms with van der Waals surface area (Å²) in [5, 5.41) is 0.809. The smallest absolute Gasteiger partial charge is 0.0460 e. The van der Waals surface area contributed by atoms with Crippen LogP contribution in [0, 0.1) is 6.92 Å². The molecule has 0 saturated carbocycles. The number of unbranched alkanes of at least 4 members (excludes halogenated alkanes) is 1. The molecule has 0 aliphatic carbocycles. The Morgan fingerprint density at radius 2 is 2.20 bits per heavy atom. The lowest BCUT2D eigenvalue weighted by Crippen LogP contribution is -2.27. The van der Waals surface area contributed by atoms with Gasteiger partial charge >= 0.3 is 0 Å². The Labute approximate surface area is 96.8 Å². The average Bonchev–Trinajstić information content (AvgIpc) is 2.24. The lowest BCUT2D eigenvalue weighted by Gasteiger charge is -2.16. The third-order valence-corrected chi connectivity index (χ3v) is 3.05. The molecule has 15 heavy (non-hydrogen) atoms. The minimum atomic E-state index is 0.211. The molecule has 0 aliphatic rings. The van der Waals surface area contributed by atoms with E-state index in [4.69, 9.17) is 17.4 Å². The number of nitrogens with two attached hydrogens (primary N) is 1. The summed E-state index contributed by atoms with van der Waals surface area (Å²) < 4.78 is 0. The molecule has 0 spiro atoms. The fourth-order valence-corrected chi connectivity index (χ4v) is 1.77.